The van der Waals surface area contributed by atoms with Gasteiger partial charge in [0.1, 0.15) is 6.61 Å². The normalized spacial score (nSPS) is 15.9. The minimum Gasteiger partial charge on any atom is -0.389 e. The summed E-state index contributed by atoms with van der Waals surface area (Å²) >= 11 is 0. The molecule has 0 rings (SSSR count). The molecule has 0 aromatic rings. The molecular formula is C7H15NO3. The number of nitro groups is 1. The minimum atomic E-state index is -1.09. The fraction of sp³-hybridized carbons (Fsp3) is 1.00. The molecule has 4 nitrogen and oxygen atoms in total. The van der Waals surface area contributed by atoms with Gasteiger partial charge in [-0.15, -0.1) is 0 Å². The molecule has 0 heterocycles. The lowest BCUT2D eigenvalue weighted by Gasteiger charge is -2.20. The maximum atomic E-state index is 10.5. The molecule has 0 fully saturated rings. The second-order valence-electron chi connectivity index (χ2n) is 2.74. The predicted molar refractivity (Wildman–Crippen MR) is 42.0 cm³/mol. The fourth-order valence-corrected chi connectivity index (χ4v) is 1.11. The van der Waals surface area contributed by atoms with Crippen molar-refractivity contribution in [1.82, 2.24) is 0 Å². The Balaban J connectivity index is 4.32. The zero-order valence-corrected chi connectivity index (χ0v) is 7.04. The van der Waals surface area contributed by atoms with Gasteiger partial charge in [-0.05, 0) is 6.42 Å². The third-order valence-corrected chi connectivity index (χ3v) is 2.06. The zero-order valence-electron chi connectivity index (χ0n) is 7.04. The van der Waals surface area contributed by atoms with Gasteiger partial charge in [0, 0.05) is 17.8 Å². The highest BCUT2D eigenvalue weighted by molar-refractivity contribution is 4.75. The molecule has 0 saturated heterocycles. The molecule has 1 N–H and O–H groups in total. The summed E-state index contributed by atoms with van der Waals surface area (Å²) in [5.74, 6) is 0. The van der Waals surface area contributed by atoms with Crippen LogP contribution in [0.5, 0.6) is 0 Å². The second-order valence-corrected chi connectivity index (χ2v) is 2.74. The molecule has 0 radical (unpaired) electrons. The van der Waals surface area contributed by atoms with Gasteiger partial charge in [-0.25, -0.2) is 0 Å². The Bertz CT molecular complexity index is 132. The summed E-state index contributed by atoms with van der Waals surface area (Å²) in [6, 6.07) is 0. The molecule has 0 bridgehead atoms. The largest absolute Gasteiger partial charge is 0.389 e. The third-order valence-electron chi connectivity index (χ3n) is 2.06. The lowest BCUT2D eigenvalue weighted by molar-refractivity contribution is -0.575. The molecule has 0 amide bonds. The first-order valence-corrected chi connectivity index (χ1v) is 3.88. The van der Waals surface area contributed by atoms with E-state index >= 15 is 0 Å². The van der Waals surface area contributed by atoms with Crippen molar-refractivity contribution in [3.63, 3.8) is 0 Å². The summed E-state index contributed by atoms with van der Waals surface area (Å²) in [5, 5.41) is 19.4. The fourth-order valence-electron chi connectivity index (χ4n) is 1.11. The van der Waals surface area contributed by atoms with Crippen LogP contribution in [0.3, 0.4) is 0 Å². The van der Waals surface area contributed by atoms with Crippen LogP contribution in [-0.2, 0) is 0 Å². The SMILES string of the molecule is CCCC(CC)(CO)[N+](=O)[O-]. The van der Waals surface area contributed by atoms with Crippen LogP contribution in [-0.4, -0.2) is 22.2 Å². The van der Waals surface area contributed by atoms with Crippen molar-refractivity contribution in [2.75, 3.05) is 6.61 Å². The van der Waals surface area contributed by atoms with Gasteiger partial charge >= 0.3 is 0 Å². The van der Waals surface area contributed by atoms with Crippen molar-refractivity contribution in [3.05, 3.63) is 10.1 Å². The first kappa shape index (κ1) is 10.4. The molecular weight excluding hydrogens is 146 g/mol. The molecule has 1 unspecified atom stereocenters. The highest BCUT2D eigenvalue weighted by Crippen LogP contribution is 2.20. The van der Waals surface area contributed by atoms with Crippen molar-refractivity contribution in [3.8, 4) is 0 Å². The standard InChI is InChI=1S/C7H15NO3/c1-3-5-7(4-2,6-9)8(10)11/h9H,3-6H2,1-2H3. The molecule has 0 aliphatic rings. The molecule has 66 valence electrons. The summed E-state index contributed by atoms with van der Waals surface area (Å²) in [6.45, 7) is 3.25. The molecule has 11 heavy (non-hydrogen) atoms. The van der Waals surface area contributed by atoms with E-state index in [0.717, 1.165) is 6.42 Å². The molecule has 1 atom stereocenters. The first-order valence-electron chi connectivity index (χ1n) is 3.88. The summed E-state index contributed by atoms with van der Waals surface area (Å²) in [7, 11) is 0. The molecule has 0 spiro atoms. The maximum Gasteiger partial charge on any atom is 0.244 e. The van der Waals surface area contributed by atoms with E-state index in [1.165, 1.54) is 0 Å². The Morgan fingerprint density at radius 2 is 2.09 bits per heavy atom. The first-order chi connectivity index (χ1) is 5.13. The number of hydrogen-bond acceptors (Lipinski definition) is 3. The van der Waals surface area contributed by atoms with Crippen molar-refractivity contribution < 1.29 is 10.0 Å². The number of rotatable bonds is 5. The Morgan fingerprint density at radius 1 is 1.55 bits per heavy atom. The molecule has 0 aromatic heterocycles. The highest BCUT2D eigenvalue weighted by Gasteiger charge is 2.38. The Kier molecular flexibility index (Phi) is 4.03. The highest BCUT2D eigenvalue weighted by atomic mass is 16.6. The van der Waals surface area contributed by atoms with Crippen LogP contribution in [0.25, 0.3) is 0 Å². The van der Waals surface area contributed by atoms with Crippen LogP contribution in [0.1, 0.15) is 33.1 Å². The number of aliphatic hydroxyl groups is 1. The Morgan fingerprint density at radius 3 is 2.18 bits per heavy atom. The lowest BCUT2D eigenvalue weighted by atomic mass is 9.93. The molecule has 0 aromatic carbocycles. The third kappa shape index (κ3) is 2.15. The van der Waals surface area contributed by atoms with Crippen molar-refractivity contribution in [1.29, 1.82) is 0 Å². The molecule has 4 heteroatoms. The van der Waals surface area contributed by atoms with E-state index < -0.39 is 5.54 Å². The van der Waals surface area contributed by atoms with Gasteiger partial charge in [0.25, 0.3) is 0 Å². The zero-order chi connectivity index (χ0) is 8.91. The monoisotopic (exact) mass is 161 g/mol. The van der Waals surface area contributed by atoms with Crippen molar-refractivity contribution in [2.24, 2.45) is 0 Å². The van der Waals surface area contributed by atoms with Crippen LogP contribution < -0.4 is 0 Å². The molecule has 0 saturated carbocycles. The summed E-state index contributed by atoms with van der Waals surface area (Å²) in [5.41, 5.74) is -1.09. The van der Waals surface area contributed by atoms with E-state index in [0.29, 0.717) is 12.8 Å². The van der Waals surface area contributed by atoms with Gasteiger partial charge in [0.15, 0.2) is 0 Å². The maximum absolute atomic E-state index is 10.5. The van der Waals surface area contributed by atoms with Gasteiger partial charge in [0.2, 0.25) is 5.54 Å². The van der Waals surface area contributed by atoms with Crippen LogP contribution in [0.2, 0.25) is 0 Å². The smallest absolute Gasteiger partial charge is 0.244 e. The molecule has 0 aliphatic carbocycles. The van der Waals surface area contributed by atoms with E-state index in [-0.39, 0.29) is 11.5 Å². The summed E-state index contributed by atoms with van der Waals surface area (Å²) < 4.78 is 0. The van der Waals surface area contributed by atoms with Crippen molar-refractivity contribution in [2.45, 2.75) is 38.6 Å². The average molecular weight is 161 g/mol. The van der Waals surface area contributed by atoms with E-state index in [2.05, 4.69) is 0 Å². The van der Waals surface area contributed by atoms with Crippen LogP contribution >= 0.6 is 0 Å². The average Bonchev–Trinajstić information content (AvgIpc) is 2.00. The van der Waals surface area contributed by atoms with Gasteiger partial charge in [-0.1, -0.05) is 13.8 Å². The van der Waals surface area contributed by atoms with E-state index in [9.17, 15) is 10.1 Å². The van der Waals surface area contributed by atoms with Gasteiger partial charge in [-0.3, -0.25) is 10.1 Å². The number of nitrogens with zero attached hydrogens (tertiary/aromatic N) is 1. The van der Waals surface area contributed by atoms with Gasteiger partial charge < -0.3 is 5.11 Å². The van der Waals surface area contributed by atoms with Crippen molar-refractivity contribution >= 4 is 0 Å². The summed E-state index contributed by atoms with van der Waals surface area (Å²) in [6.07, 6.45) is 1.58. The lowest BCUT2D eigenvalue weighted by Crippen LogP contribution is -2.41. The van der Waals surface area contributed by atoms with Crippen LogP contribution in [0.4, 0.5) is 0 Å². The van der Waals surface area contributed by atoms with Crippen LogP contribution in [0.15, 0.2) is 0 Å². The number of aliphatic hydroxyl groups excluding tert-OH is 1. The number of hydrogen-bond donors (Lipinski definition) is 1. The van der Waals surface area contributed by atoms with Gasteiger partial charge in [-0.2, -0.15) is 0 Å². The van der Waals surface area contributed by atoms with Gasteiger partial charge in [0.05, 0.1) is 0 Å². The Labute approximate surface area is 66.4 Å². The quantitative estimate of drug-likeness (QED) is 0.486. The molecule has 0 aliphatic heterocycles. The second kappa shape index (κ2) is 4.28. The summed E-state index contributed by atoms with van der Waals surface area (Å²) in [4.78, 5) is 10.2. The predicted octanol–water partition coefficient (Wildman–Crippen LogP) is 1.20. The van der Waals surface area contributed by atoms with E-state index in [1.54, 1.807) is 6.92 Å². The minimum absolute atomic E-state index is 0.357. The van der Waals surface area contributed by atoms with E-state index in [1.807, 2.05) is 6.92 Å². The topological polar surface area (TPSA) is 63.4 Å². The van der Waals surface area contributed by atoms with Crippen LogP contribution in [0, 0.1) is 10.1 Å². The van der Waals surface area contributed by atoms with E-state index in [4.69, 9.17) is 5.11 Å². The Hall–Kier alpha value is -0.640.